The lowest BCUT2D eigenvalue weighted by Gasteiger charge is -2.37. The van der Waals surface area contributed by atoms with E-state index < -0.39 is 5.97 Å². The summed E-state index contributed by atoms with van der Waals surface area (Å²) < 4.78 is 0. The standard InChI is InChI=1S/C13H18N2O3/c14-11-5-4-9(13(17)18)7-12(11)15-6-2-1-3-10(15)8-16/h4-5,7,10,16H,1-3,6,8,14H2,(H,17,18). The highest BCUT2D eigenvalue weighted by Crippen LogP contribution is 2.30. The quantitative estimate of drug-likeness (QED) is 0.704. The number of aromatic carboxylic acids is 1. The molecule has 1 unspecified atom stereocenters. The fourth-order valence-corrected chi connectivity index (χ4v) is 2.43. The van der Waals surface area contributed by atoms with Gasteiger partial charge in [0.1, 0.15) is 0 Å². The van der Waals surface area contributed by atoms with Gasteiger partial charge >= 0.3 is 5.97 Å². The van der Waals surface area contributed by atoms with Crippen LogP contribution in [-0.2, 0) is 0 Å². The molecule has 0 radical (unpaired) electrons. The van der Waals surface area contributed by atoms with Crippen molar-refractivity contribution >= 4 is 17.3 Å². The molecule has 98 valence electrons. The van der Waals surface area contributed by atoms with Crippen LogP contribution in [-0.4, -0.2) is 35.4 Å². The molecule has 18 heavy (non-hydrogen) atoms. The number of nitrogen functional groups attached to an aromatic ring is 1. The van der Waals surface area contributed by atoms with Crippen molar-refractivity contribution in [3.8, 4) is 0 Å². The number of carbonyl (C=O) groups is 1. The Bertz CT molecular complexity index is 448. The zero-order chi connectivity index (χ0) is 13.1. The first-order valence-electron chi connectivity index (χ1n) is 6.14. The summed E-state index contributed by atoms with van der Waals surface area (Å²) in [5, 5.41) is 18.4. The number of carboxylic acids is 1. The van der Waals surface area contributed by atoms with Crippen LogP contribution in [0.4, 0.5) is 11.4 Å². The second kappa shape index (κ2) is 5.27. The second-order valence-electron chi connectivity index (χ2n) is 4.60. The maximum absolute atomic E-state index is 11.0. The van der Waals surface area contributed by atoms with Crippen molar-refractivity contribution in [2.24, 2.45) is 0 Å². The number of carboxylic acid groups (broad SMARTS) is 1. The van der Waals surface area contributed by atoms with Crippen LogP contribution >= 0.6 is 0 Å². The van der Waals surface area contributed by atoms with Crippen molar-refractivity contribution in [2.75, 3.05) is 23.8 Å². The number of aliphatic hydroxyl groups is 1. The van der Waals surface area contributed by atoms with Gasteiger partial charge in [-0.05, 0) is 37.5 Å². The summed E-state index contributed by atoms with van der Waals surface area (Å²) in [7, 11) is 0. The lowest BCUT2D eigenvalue weighted by molar-refractivity contribution is 0.0697. The minimum absolute atomic E-state index is 0.0325. The van der Waals surface area contributed by atoms with Crippen LogP contribution in [0.1, 0.15) is 29.6 Å². The van der Waals surface area contributed by atoms with Gasteiger partial charge in [-0.2, -0.15) is 0 Å². The Morgan fingerprint density at radius 1 is 1.44 bits per heavy atom. The molecule has 5 heteroatoms. The van der Waals surface area contributed by atoms with E-state index in [1.54, 1.807) is 12.1 Å². The molecule has 1 aromatic carbocycles. The number of nitrogens with zero attached hydrogens (tertiary/aromatic N) is 1. The van der Waals surface area contributed by atoms with Gasteiger partial charge in [-0.15, -0.1) is 0 Å². The Kier molecular flexibility index (Phi) is 3.72. The van der Waals surface area contributed by atoms with E-state index in [1.165, 1.54) is 6.07 Å². The molecule has 0 amide bonds. The third-order valence-electron chi connectivity index (χ3n) is 3.42. The summed E-state index contributed by atoms with van der Waals surface area (Å²) in [6.07, 6.45) is 3.03. The van der Waals surface area contributed by atoms with Gasteiger partial charge in [0.2, 0.25) is 0 Å². The maximum atomic E-state index is 11.0. The Morgan fingerprint density at radius 2 is 2.22 bits per heavy atom. The fraction of sp³-hybridized carbons (Fsp3) is 0.462. The van der Waals surface area contributed by atoms with Gasteiger partial charge < -0.3 is 20.8 Å². The number of anilines is 2. The van der Waals surface area contributed by atoms with Gasteiger partial charge in [0.15, 0.2) is 0 Å². The van der Waals surface area contributed by atoms with Crippen molar-refractivity contribution in [1.29, 1.82) is 0 Å². The highest BCUT2D eigenvalue weighted by molar-refractivity contribution is 5.90. The first kappa shape index (κ1) is 12.7. The van der Waals surface area contributed by atoms with E-state index in [2.05, 4.69) is 0 Å². The zero-order valence-electron chi connectivity index (χ0n) is 10.2. The number of benzene rings is 1. The lowest BCUT2D eigenvalue weighted by atomic mass is 10.0. The average molecular weight is 250 g/mol. The molecule has 0 spiro atoms. The SMILES string of the molecule is Nc1ccc(C(=O)O)cc1N1CCCCC1CO. The van der Waals surface area contributed by atoms with Gasteiger partial charge in [0.25, 0.3) is 0 Å². The van der Waals surface area contributed by atoms with Crippen LogP contribution < -0.4 is 10.6 Å². The molecule has 0 bridgehead atoms. The topological polar surface area (TPSA) is 86.8 Å². The van der Waals surface area contributed by atoms with E-state index in [4.69, 9.17) is 10.8 Å². The Labute approximate surface area is 106 Å². The van der Waals surface area contributed by atoms with Crippen molar-refractivity contribution in [3.05, 3.63) is 23.8 Å². The third-order valence-corrected chi connectivity index (χ3v) is 3.42. The van der Waals surface area contributed by atoms with Crippen LogP contribution in [0.3, 0.4) is 0 Å². The monoisotopic (exact) mass is 250 g/mol. The van der Waals surface area contributed by atoms with Gasteiger partial charge in [-0.3, -0.25) is 0 Å². The van der Waals surface area contributed by atoms with Crippen LogP contribution in [0.15, 0.2) is 18.2 Å². The smallest absolute Gasteiger partial charge is 0.335 e. The molecule has 1 aliphatic rings. The van der Waals surface area contributed by atoms with Crippen molar-refractivity contribution in [3.63, 3.8) is 0 Å². The van der Waals surface area contributed by atoms with Crippen LogP contribution in [0.2, 0.25) is 0 Å². The van der Waals surface area contributed by atoms with E-state index in [-0.39, 0.29) is 18.2 Å². The summed E-state index contributed by atoms with van der Waals surface area (Å²) in [5.41, 5.74) is 7.42. The molecular weight excluding hydrogens is 232 g/mol. The number of aliphatic hydroxyl groups excluding tert-OH is 1. The first-order valence-corrected chi connectivity index (χ1v) is 6.14. The third kappa shape index (κ3) is 2.41. The summed E-state index contributed by atoms with van der Waals surface area (Å²) >= 11 is 0. The van der Waals surface area contributed by atoms with E-state index in [9.17, 15) is 9.90 Å². The van der Waals surface area contributed by atoms with Crippen molar-refractivity contribution in [2.45, 2.75) is 25.3 Å². The molecule has 4 N–H and O–H groups in total. The van der Waals surface area contributed by atoms with E-state index >= 15 is 0 Å². The number of hydrogen-bond donors (Lipinski definition) is 3. The number of piperidine rings is 1. The maximum Gasteiger partial charge on any atom is 0.335 e. The number of rotatable bonds is 3. The molecule has 0 aliphatic carbocycles. The molecule has 1 fully saturated rings. The molecule has 1 atom stereocenters. The largest absolute Gasteiger partial charge is 0.478 e. The highest BCUT2D eigenvalue weighted by Gasteiger charge is 2.24. The minimum atomic E-state index is -0.964. The Balaban J connectivity index is 2.35. The zero-order valence-corrected chi connectivity index (χ0v) is 10.2. The van der Waals surface area contributed by atoms with E-state index in [1.807, 2.05) is 4.90 Å². The molecule has 2 rings (SSSR count). The summed E-state index contributed by atoms with van der Waals surface area (Å²) in [5.74, 6) is -0.964. The number of nitrogens with two attached hydrogens (primary N) is 1. The molecule has 1 saturated heterocycles. The van der Waals surface area contributed by atoms with Crippen LogP contribution in [0.5, 0.6) is 0 Å². The first-order chi connectivity index (χ1) is 8.63. The molecule has 1 aromatic rings. The van der Waals surface area contributed by atoms with E-state index in [0.717, 1.165) is 25.8 Å². The molecular formula is C13H18N2O3. The molecule has 5 nitrogen and oxygen atoms in total. The lowest BCUT2D eigenvalue weighted by Crippen LogP contribution is -2.42. The van der Waals surface area contributed by atoms with Crippen LogP contribution in [0.25, 0.3) is 0 Å². The van der Waals surface area contributed by atoms with Crippen LogP contribution in [0, 0.1) is 0 Å². The molecule has 0 saturated carbocycles. The normalized spacial score (nSPS) is 19.8. The minimum Gasteiger partial charge on any atom is -0.478 e. The van der Waals surface area contributed by atoms with Crippen molar-refractivity contribution < 1.29 is 15.0 Å². The summed E-state index contributed by atoms with van der Waals surface area (Å²) in [4.78, 5) is 13.0. The molecule has 1 aliphatic heterocycles. The number of hydrogen-bond acceptors (Lipinski definition) is 4. The predicted octanol–water partition coefficient (Wildman–Crippen LogP) is 1.32. The summed E-state index contributed by atoms with van der Waals surface area (Å²) in [6, 6.07) is 4.73. The average Bonchev–Trinajstić information content (AvgIpc) is 2.39. The van der Waals surface area contributed by atoms with Gasteiger partial charge in [-0.1, -0.05) is 0 Å². The fourth-order valence-electron chi connectivity index (χ4n) is 2.43. The Hall–Kier alpha value is -1.75. The second-order valence-corrected chi connectivity index (χ2v) is 4.60. The Morgan fingerprint density at radius 3 is 2.89 bits per heavy atom. The summed E-state index contributed by atoms with van der Waals surface area (Å²) in [6.45, 7) is 0.870. The van der Waals surface area contributed by atoms with Gasteiger partial charge in [0, 0.05) is 6.54 Å². The molecule has 0 aromatic heterocycles. The highest BCUT2D eigenvalue weighted by atomic mass is 16.4. The predicted molar refractivity (Wildman–Crippen MR) is 69.9 cm³/mol. The van der Waals surface area contributed by atoms with Gasteiger partial charge in [0.05, 0.1) is 29.6 Å². The molecule has 1 heterocycles. The van der Waals surface area contributed by atoms with E-state index in [0.29, 0.717) is 11.4 Å². The van der Waals surface area contributed by atoms with Crippen molar-refractivity contribution in [1.82, 2.24) is 0 Å². The van der Waals surface area contributed by atoms with Gasteiger partial charge in [-0.25, -0.2) is 4.79 Å².